The number of aromatic nitrogens is 1. The highest BCUT2D eigenvalue weighted by Gasteiger charge is 2.20. The number of hydrogen-bond acceptors (Lipinski definition) is 3. The van der Waals surface area contributed by atoms with Crippen molar-refractivity contribution < 1.29 is 9.53 Å². The monoisotopic (exact) mass is 223 g/mol. The summed E-state index contributed by atoms with van der Waals surface area (Å²) in [6.07, 6.45) is 4.32. The molecule has 0 bridgehead atoms. The summed E-state index contributed by atoms with van der Waals surface area (Å²) in [5.74, 6) is -0.0252. The van der Waals surface area contributed by atoms with Gasteiger partial charge in [0, 0.05) is 32.0 Å². The summed E-state index contributed by atoms with van der Waals surface area (Å²) in [4.78, 5) is 14.6. The van der Waals surface area contributed by atoms with Gasteiger partial charge < -0.3 is 20.4 Å². The second-order valence-electron chi connectivity index (χ2n) is 3.82. The summed E-state index contributed by atoms with van der Waals surface area (Å²) in [7, 11) is 0. The van der Waals surface area contributed by atoms with Crippen LogP contribution in [0, 0.1) is 0 Å². The molecule has 0 radical (unpaired) electrons. The molecule has 1 saturated heterocycles. The maximum Gasteiger partial charge on any atom is 0.250 e. The van der Waals surface area contributed by atoms with Gasteiger partial charge in [-0.25, -0.2) is 0 Å². The van der Waals surface area contributed by atoms with Gasteiger partial charge in [-0.1, -0.05) is 0 Å². The van der Waals surface area contributed by atoms with Crippen LogP contribution in [0.2, 0.25) is 0 Å². The van der Waals surface area contributed by atoms with E-state index in [0.29, 0.717) is 19.7 Å². The van der Waals surface area contributed by atoms with Gasteiger partial charge in [-0.2, -0.15) is 0 Å². The summed E-state index contributed by atoms with van der Waals surface area (Å²) < 4.78 is 5.35. The molecule has 1 atom stereocenters. The molecule has 88 valence electrons. The van der Waals surface area contributed by atoms with E-state index < -0.39 is 0 Å². The van der Waals surface area contributed by atoms with E-state index >= 15 is 0 Å². The maximum atomic E-state index is 11.6. The molecule has 1 aliphatic rings. The highest BCUT2D eigenvalue weighted by atomic mass is 16.5. The van der Waals surface area contributed by atoms with Gasteiger partial charge >= 0.3 is 0 Å². The molecule has 16 heavy (non-hydrogen) atoms. The van der Waals surface area contributed by atoms with Gasteiger partial charge in [0.1, 0.15) is 6.10 Å². The minimum Gasteiger partial charge on any atom is -0.367 e. The van der Waals surface area contributed by atoms with Crippen molar-refractivity contribution in [2.24, 2.45) is 0 Å². The number of morpholine rings is 1. The number of ether oxygens (including phenoxy) is 1. The Morgan fingerprint density at radius 2 is 2.56 bits per heavy atom. The molecular formula is C11H17N3O2. The van der Waals surface area contributed by atoms with E-state index in [0.717, 1.165) is 13.0 Å². The lowest BCUT2D eigenvalue weighted by atomic mass is 10.2. The minimum atomic E-state index is -0.333. The second kappa shape index (κ2) is 5.67. The summed E-state index contributed by atoms with van der Waals surface area (Å²) in [6, 6.07) is 2.00. The molecule has 0 saturated carbocycles. The Labute approximate surface area is 94.6 Å². The van der Waals surface area contributed by atoms with Gasteiger partial charge in [-0.05, 0) is 18.1 Å². The molecule has 1 aromatic heterocycles. The van der Waals surface area contributed by atoms with E-state index in [1.165, 1.54) is 5.56 Å². The number of carbonyl (C=O) groups is 1. The molecule has 0 spiro atoms. The zero-order chi connectivity index (χ0) is 11.2. The predicted molar refractivity (Wildman–Crippen MR) is 60.1 cm³/mol. The molecule has 5 heteroatoms. The molecular weight excluding hydrogens is 206 g/mol. The summed E-state index contributed by atoms with van der Waals surface area (Å²) in [6.45, 7) is 2.69. The van der Waals surface area contributed by atoms with Crippen molar-refractivity contribution in [3.63, 3.8) is 0 Å². The van der Waals surface area contributed by atoms with Crippen molar-refractivity contribution in [1.82, 2.24) is 15.6 Å². The molecule has 1 fully saturated rings. The van der Waals surface area contributed by atoms with Crippen molar-refractivity contribution in [1.29, 1.82) is 0 Å². The SMILES string of the molecule is O=C(NCCc1cc[nH]c1)C1CNCCO1. The number of hydrogen-bond donors (Lipinski definition) is 3. The fraction of sp³-hybridized carbons (Fsp3) is 0.545. The van der Waals surface area contributed by atoms with Crippen LogP contribution in [0.1, 0.15) is 5.56 Å². The number of carbonyl (C=O) groups excluding carboxylic acids is 1. The van der Waals surface area contributed by atoms with Gasteiger partial charge in [0.15, 0.2) is 0 Å². The quantitative estimate of drug-likeness (QED) is 0.654. The number of amides is 1. The van der Waals surface area contributed by atoms with E-state index in [4.69, 9.17) is 4.74 Å². The van der Waals surface area contributed by atoms with Gasteiger partial charge in [0.2, 0.25) is 5.91 Å². The Hall–Kier alpha value is -1.33. The van der Waals surface area contributed by atoms with Gasteiger partial charge in [0.05, 0.1) is 6.61 Å². The van der Waals surface area contributed by atoms with E-state index in [1.54, 1.807) is 0 Å². The zero-order valence-corrected chi connectivity index (χ0v) is 9.16. The molecule has 1 unspecified atom stereocenters. The fourth-order valence-corrected chi connectivity index (χ4v) is 1.69. The summed E-state index contributed by atoms with van der Waals surface area (Å²) in [5.41, 5.74) is 1.20. The van der Waals surface area contributed by atoms with Crippen LogP contribution in [0.15, 0.2) is 18.5 Å². The van der Waals surface area contributed by atoms with E-state index in [-0.39, 0.29) is 12.0 Å². The molecule has 2 rings (SSSR count). The van der Waals surface area contributed by atoms with Crippen LogP contribution in [0.4, 0.5) is 0 Å². The fourth-order valence-electron chi connectivity index (χ4n) is 1.69. The summed E-state index contributed by atoms with van der Waals surface area (Å²) in [5, 5.41) is 6.00. The highest BCUT2D eigenvalue weighted by Crippen LogP contribution is 1.98. The lowest BCUT2D eigenvalue weighted by Crippen LogP contribution is -2.48. The Bertz CT molecular complexity index is 318. The van der Waals surface area contributed by atoms with Gasteiger partial charge in [0.25, 0.3) is 0 Å². The standard InChI is InChI=1S/C11H17N3O2/c15-11(10-8-13-5-6-16-10)14-4-2-9-1-3-12-7-9/h1,3,7,10,12-13H,2,4-6,8H2,(H,14,15). The van der Waals surface area contributed by atoms with Gasteiger partial charge in [-0.15, -0.1) is 0 Å². The van der Waals surface area contributed by atoms with Crippen molar-refractivity contribution in [2.45, 2.75) is 12.5 Å². The van der Waals surface area contributed by atoms with Crippen LogP contribution < -0.4 is 10.6 Å². The first-order valence-corrected chi connectivity index (χ1v) is 5.58. The van der Waals surface area contributed by atoms with Crippen LogP contribution in [-0.2, 0) is 16.0 Å². The molecule has 5 nitrogen and oxygen atoms in total. The van der Waals surface area contributed by atoms with Crippen molar-refractivity contribution in [2.75, 3.05) is 26.2 Å². The van der Waals surface area contributed by atoms with Crippen LogP contribution in [0.5, 0.6) is 0 Å². The first kappa shape index (κ1) is 11.2. The molecule has 1 amide bonds. The van der Waals surface area contributed by atoms with E-state index in [9.17, 15) is 4.79 Å². The summed E-state index contributed by atoms with van der Waals surface area (Å²) >= 11 is 0. The Balaban J connectivity index is 1.67. The smallest absolute Gasteiger partial charge is 0.250 e. The topological polar surface area (TPSA) is 66.2 Å². The molecule has 1 aromatic rings. The Kier molecular flexibility index (Phi) is 3.96. The Morgan fingerprint density at radius 1 is 1.62 bits per heavy atom. The first-order valence-electron chi connectivity index (χ1n) is 5.58. The predicted octanol–water partition coefficient (Wildman–Crippen LogP) is -0.338. The van der Waals surface area contributed by atoms with E-state index in [1.807, 2.05) is 18.5 Å². The largest absolute Gasteiger partial charge is 0.367 e. The Morgan fingerprint density at radius 3 is 3.25 bits per heavy atom. The van der Waals surface area contributed by atoms with Crippen LogP contribution in [-0.4, -0.2) is 43.2 Å². The minimum absolute atomic E-state index is 0.0252. The normalized spacial score (nSPS) is 20.6. The number of aromatic amines is 1. The molecule has 0 aliphatic carbocycles. The van der Waals surface area contributed by atoms with E-state index in [2.05, 4.69) is 15.6 Å². The zero-order valence-electron chi connectivity index (χ0n) is 9.16. The van der Waals surface area contributed by atoms with Crippen LogP contribution >= 0.6 is 0 Å². The average molecular weight is 223 g/mol. The molecule has 2 heterocycles. The van der Waals surface area contributed by atoms with Crippen LogP contribution in [0.3, 0.4) is 0 Å². The maximum absolute atomic E-state index is 11.6. The third kappa shape index (κ3) is 3.08. The second-order valence-corrected chi connectivity index (χ2v) is 3.82. The van der Waals surface area contributed by atoms with Crippen molar-refractivity contribution in [3.8, 4) is 0 Å². The number of H-pyrrole nitrogens is 1. The van der Waals surface area contributed by atoms with Crippen molar-refractivity contribution >= 4 is 5.91 Å². The lowest BCUT2D eigenvalue weighted by molar-refractivity contribution is -0.134. The van der Waals surface area contributed by atoms with Crippen LogP contribution in [0.25, 0.3) is 0 Å². The average Bonchev–Trinajstić information content (AvgIpc) is 2.83. The molecule has 1 aliphatic heterocycles. The molecule has 0 aromatic carbocycles. The number of nitrogens with one attached hydrogen (secondary N) is 3. The third-order valence-corrected chi connectivity index (χ3v) is 2.60. The lowest BCUT2D eigenvalue weighted by Gasteiger charge is -2.22. The van der Waals surface area contributed by atoms with Crippen molar-refractivity contribution in [3.05, 3.63) is 24.0 Å². The molecule has 3 N–H and O–H groups in total. The third-order valence-electron chi connectivity index (χ3n) is 2.60. The van der Waals surface area contributed by atoms with Gasteiger partial charge in [-0.3, -0.25) is 4.79 Å². The number of rotatable bonds is 4. The first-order chi connectivity index (χ1) is 7.86. The highest BCUT2D eigenvalue weighted by molar-refractivity contribution is 5.81.